The van der Waals surface area contributed by atoms with Crippen molar-refractivity contribution in [2.45, 2.75) is 386 Å². The van der Waals surface area contributed by atoms with Gasteiger partial charge in [0.2, 0.25) is 29.5 Å². The Labute approximate surface area is 765 Å². The SMILES string of the molecule is CC(=O)N[C@@H]1[C@H](O[C@H]2[C@H](O[C@H]3O[C@H](CO)[C@@H](O)[C@H](O)[C@@H]3O[C@@H]3O[C@H](CO)[C@@H](O[C@@H]4O[C@H](CO)[C@H](O)[C@H](O)[C@H]4O)[C@H](O[C@@H]4O[C@@H](C)[C@@H](O)[C@@H](O)[C@@H]4O)[C@H]3NC(C)=O)[C@H](O)[C@H](O[C@H]3[C@H](O)[C@@H](NC(C)=O)[C@H](O[C@H]4[C@H](O)[C@@H](NC(C)=O)C(O)O[C@@H]4CO[C@@H]4O[C@@H](C)[C@@H](O)[C@@H](O)[C@@H]4O)O[C@@H]3CO)O[C@@H]2CO[C@H]2O[C@H](CO)[C@@H](O)[C@H](O)[C@@H]2O[C@@H]2O[C@H](CO)[C@@H](O)[C@H](O)[C@H]2NC(C)=O)O[C@H](CO)[C@@H](O)[C@@H]1O. The van der Waals surface area contributed by atoms with Crippen LogP contribution in [0.15, 0.2) is 0 Å². The summed E-state index contributed by atoms with van der Waals surface area (Å²) in [6, 6.07) is -10.0. The van der Waals surface area contributed by atoms with Gasteiger partial charge in [0.25, 0.3) is 0 Å². The summed E-state index contributed by atoms with van der Waals surface area (Å²) in [5, 5.41) is 330. The molecule has 11 rings (SSSR count). The number of aliphatic hydroxyl groups excluding tert-OH is 28. The molecule has 135 heavy (non-hydrogen) atoms. The van der Waals surface area contributed by atoms with Crippen molar-refractivity contribution in [1.82, 2.24) is 26.6 Å². The van der Waals surface area contributed by atoms with Crippen molar-refractivity contribution in [2.24, 2.45) is 0 Å². The summed E-state index contributed by atoms with van der Waals surface area (Å²) >= 11 is 0. The maximum atomic E-state index is 13.8. The average molecular weight is 1970 g/mol. The highest BCUT2D eigenvalue weighted by molar-refractivity contribution is 5.75. The fraction of sp³-hybridized carbons (Fsp3) is 0.934. The Kier molecular flexibility index (Phi) is 39.5. The number of carbonyl (C=O) groups is 5. The van der Waals surface area contributed by atoms with Crippen LogP contribution in [0.2, 0.25) is 0 Å². The van der Waals surface area contributed by atoms with Crippen molar-refractivity contribution >= 4 is 29.5 Å². The Hall–Kier alpha value is -4.61. The van der Waals surface area contributed by atoms with Gasteiger partial charge in [-0.1, -0.05) is 0 Å². The van der Waals surface area contributed by atoms with Gasteiger partial charge in [-0.3, -0.25) is 24.0 Å². The van der Waals surface area contributed by atoms with Crippen LogP contribution in [0, 0.1) is 0 Å². The van der Waals surface area contributed by atoms with Crippen LogP contribution in [-0.2, 0) is 123 Å². The molecule has 0 bridgehead atoms. The first-order valence-electron chi connectivity index (χ1n) is 43.4. The fourth-order valence-corrected chi connectivity index (χ4v) is 17.6. The van der Waals surface area contributed by atoms with E-state index >= 15 is 0 Å². The zero-order valence-electron chi connectivity index (χ0n) is 73.3. The molecule has 11 heterocycles. The average Bonchev–Trinajstić information content (AvgIpc) is 0.756. The van der Waals surface area contributed by atoms with Crippen LogP contribution in [0.1, 0.15) is 48.5 Å². The van der Waals surface area contributed by atoms with Gasteiger partial charge in [0.05, 0.1) is 71.7 Å². The minimum absolute atomic E-state index is 0.873. The summed E-state index contributed by atoms with van der Waals surface area (Å²) in [5.74, 6) is -4.95. The fourth-order valence-electron chi connectivity index (χ4n) is 17.6. The van der Waals surface area contributed by atoms with Crippen LogP contribution >= 0.6 is 0 Å². The molecule has 0 aromatic carbocycles. The van der Waals surface area contributed by atoms with Crippen molar-refractivity contribution in [3.05, 3.63) is 0 Å². The van der Waals surface area contributed by atoms with Gasteiger partial charge in [-0.2, -0.15) is 0 Å². The lowest BCUT2D eigenvalue weighted by Gasteiger charge is -2.53. The molecule has 11 aliphatic heterocycles. The van der Waals surface area contributed by atoms with Crippen molar-refractivity contribution in [3.63, 3.8) is 0 Å². The van der Waals surface area contributed by atoms with Gasteiger partial charge in [0.15, 0.2) is 69.2 Å². The molecule has 11 fully saturated rings. The summed E-state index contributed by atoms with van der Waals surface area (Å²) in [6.45, 7) is -3.71. The molecule has 59 nitrogen and oxygen atoms in total. The highest BCUT2D eigenvalue weighted by atomic mass is 16.8. The predicted molar refractivity (Wildman–Crippen MR) is 417 cm³/mol. The minimum Gasteiger partial charge on any atom is -0.394 e. The Morgan fingerprint density at radius 2 is 0.467 bits per heavy atom. The van der Waals surface area contributed by atoms with Gasteiger partial charge < -0.3 is 269 Å². The number of aliphatic hydroxyl groups is 28. The van der Waals surface area contributed by atoms with E-state index in [2.05, 4.69) is 26.6 Å². The van der Waals surface area contributed by atoms with Crippen LogP contribution in [0.3, 0.4) is 0 Å². The molecular weight excluding hydrogens is 1850 g/mol. The van der Waals surface area contributed by atoms with Gasteiger partial charge in [0, 0.05) is 34.6 Å². The zero-order valence-corrected chi connectivity index (χ0v) is 73.3. The van der Waals surface area contributed by atoms with Crippen molar-refractivity contribution in [1.29, 1.82) is 0 Å². The molecule has 55 atom stereocenters. The Morgan fingerprint density at radius 1 is 0.207 bits per heavy atom. The summed E-state index contributed by atoms with van der Waals surface area (Å²) in [4.78, 5) is 65.9. The van der Waals surface area contributed by atoms with E-state index in [1.54, 1.807) is 0 Å². The number of hydrogen-bond donors (Lipinski definition) is 33. The lowest BCUT2D eigenvalue weighted by molar-refractivity contribution is -0.411. The molecule has 780 valence electrons. The van der Waals surface area contributed by atoms with Crippen LogP contribution in [0.5, 0.6) is 0 Å². The molecule has 59 heteroatoms. The molecule has 0 saturated carbocycles. The maximum Gasteiger partial charge on any atom is 0.217 e. The highest BCUT2D eigenvalue weighted by Crippen LogP contribution is 2.43. The monoisotopic (exact) mass is 1970 g/mol. The number of nitrogens with one attached hydrogen (secondary N) is 5. The van der Waals surface area contributed by atoms with E-state index in [1.165, 1.54) is 13.8 Å². The van der Waals surface area contributed by atoms with Crippen LogP contribution in [0.25, 0.3) is 0 Å². The van der Waals surface area contributed by atoms with Crippen molar-refractivity contribution in [3.8, 4) is 0 Å². The molecule has 1 unspecified atom stereocenters. The molecule has 11 aliphatic rings. The lowest BCUT2D eigenvalue weighted by Crippen LogP contribution is -2.72. The zero-order chi connectivity index (χ0) is 99.4. The standard InChI is InChI=1S/C76H127N5O54/c1-17-38(94)49(105)54(110)71(117-17)115-15-31-59(47(103)33(66(114)119-31)77-19(3)89)128-69-36(80-22(6)92)48(104)58(29(13-87)125-69)129-74-57(113)63(61(130-67-34(78-20(4)90)45(101)40(96)24(8-82)120-67)32(127-74)16-116-75-64(52(108)43(99)27(11-85)123-75)134-68-35(79-21(5)91)46(102)41(97)25(9-83)121-68)133-76-65(53(109)44(100)28(12-86)124-76)135-70-37(81-23(7)93)62(132-72-55(111)50(106)39(95)18(2)118-72)60(30(14-88)126-70)131-73-56(112)51(107)42(98)26(10-84)122-73/h17-18,24-76,82-88,94-114H,8-16H2,1-7H3,(H,77,89)(H,78,90)(H,79,91)(H,80,92)(H,81,93)/t17-,18-,24+,25+,26+,27+,28+,29+,30+,31+,32+,33+,34-,35+,36+,37+,38+,39+,40+,41+,42-,43+,44+,45+,46+,47+,48+,49+,50+,51-,52-,53-,54-,55-,56+,57-,58+,59+,60+,61+,62+,63+,64-,65-,66?,67-,68-,69-,70-,71+,72-,73-,74-,75-,76+/m0/s1. The van der Waals surface area contributed by atoms with E-state index in [1.807, 2.05) is 0 Å². The Bertz CT molecular complexity index is 3750. The van der Waals surface area contributed by atoms with Crippen LogP contribution < -0.4 is 26.6 Å². The summed E-state index contributed by atoms with van der Waals surface area (Å²) in [5.41, 5.74) is 0. The van der Waals surface area contributed by atoms with E-state index in [9.17, 15) is 167 Å². The van der Waals surface area contributed by atoms with Gasteiger partial charge in [-0.05, 0) is 13.8 Å². The van der Waals surface area contributed by atoms with E-state index < -0.39 is 426 Å². The molecule has 5 amide bonds. The molecule has 33 N–H and O–H groups in total. The Balaban J connectivity index is 1.04. The smallest absolute Gasteiger partial charge is 0.217 e. The third-order valence-corrected chi connectivity index (χ3v) is 24.9. The summed E-state index contributed by atoms with van der Waals surface area (Å²) < 4.78 is 129. The quantitative estimate of drug-likeness (QED) is 0.0284. The number of ether oxygens (including phenoxy) is 21. The molecule has 0 aromatic rings. The van der Waals surface area contributed by atoms with Gasteiger partial charge in [-0.25, -0.2) is 0 Å². The molecule has 0 radical (unpaired) electrons. The first kappa shape index (κ1) is 111. The molecule has 0 spiro atoms. The van der Waals surface area contributed by atoms with Crippen molar-refractivity contribution < 1.29 is 266 Å². The second-order valence-corrected chi connectivity index (χ2v) is 34.5. The lowest BCUT2D eigenvalue weighted by atomic mass is 9.93. The van der Waals surface area contributed by atoms with Crippen LogP contribution in [-0.4, -0.2) is 569 Å². The van der Waals surface area contributed by atoms with Crippen LogP contribution in [0.4, 0.5) is 0 Å². The summed E-state index contributed by atoms with van der Waals surface area (Å²) in [6.07, 6.45) is -108. The third-order valence-electron chi connectivity index (χ3n) is 24.9. The molecule has 0 aliphatic carbocycles. The third kappa shape index (κ3) is 24.7. The van der Waals surface area contributed by atoms with Crippen molar-refractivity contribution in [2.75, 3.05) is 59.5 Å². The Morgan fingerprint density at radius 3 is 0.926 bits per heavy atom. The number of carbonyl (C=O) groups excluding carboxylic acids is 5. The highest BCUT2D eigenvalue weighted by Gasteiger charge is 2.64. The van der Waals surface area contributed by atoms with E-state index in [0.29, 0.717) is 0 Å². The number of amides is 5. The maximum absolute atomic E-state index is 13.8. The predicted octanol–water partition coefficient (Wildman–Crippen LogP) is -22.2. The largest absolute Gasteiger partial charge is 0.394 e. The first-order chi connectivity index (χ1) is 63.8. The molecule has 11 saturated heterocycles. The number of hydrogen-bond acceptors (Lipinski definition) is 54. The van der Waals surface area contributed by atoms with E-state index in [0.717, 1.165) is 34.6 Å². The first-order valence-corrected chi connectivity index (χ1v) is 43.4. The summed E-state index contributed by atoms with van der Waals surface area (Å²) in [7, 11) is 0. The molecular formula is C76H127N5O54. The second-order valence-electron chi connectivity index (χ2n) is 34.5. The van der Waals surface area contributed by atoms with E-state index in [4.69, 9.17) is 99.5 Å². The molecule has 0 aromatic heterocycles. The minimum atomic E-state index is -2.84. The topological polar surface area (TPSA) is 906 Å². The van der Waals surface area contributed by atoms with E-state index in [-0.39, 0.29) is 0 Å². The van der Waals surface area contributed by atoms with Gasteiger partial charge >= 0.3 is 0 Å². The second kappa shape index (κ2) is 48.2. The normalized spacial score (nSPS) is 49.5. The van der Waals surface area contributed by atoms with Gasteiger partial charge in [-0.15, -0.1) is 0 Å². The number of rotatable bonds is 34. The van der Waals surface area contributed by atoms with Gasteiger partial charge in [0.1, 0.15) is 256 Å².